The normalized spacial score (nSPS) is 31.2. The van der Waals surface area contributed by atoms with Gasteiger partial charge in [0.25, 0.3) is 0 Å². The Morgan fingerprint density at radius 3 is 2.29 bits per heavy atom. The number of thioether (sulfide) groups is 1. The van der Waals surface area contributed by atoms with Crippen molar-refractivity contribution in [3.63, 3.8) is 0 Å². The zero-order chi connectivity index (χ0) is 28.8. The van der Waals surface area contributed by atoms with Crippen molar-refractivity contribution in [2.75, 3.05) is 26.7 Å². The smallest absolute Gasteiger partial charge is 0.247 e. The first kappa shape index (κ1) is 30.7. The van der Waals surface area contributed by atoms with Crippen molar-refractivity contribution in [1.82, 2.24) is 14.7 Å². The Hall–Kier alpha value is -1.80. The summed E-state index contributed by atoms with van der Waals surface area (Å²) in [6, 6.07) is -1.23. The molecule has 0 aromatic heterocycles. The Balaban J connectivity index is 2.17. The Morgan fingerprint density at radius 2 is 1.79 bits per heavy atom. The van der Waals surface area contributed by atoms with Gasteiger partial charge in [0.1, 0.15) is 6.04 Å². The van der Waals surface area contributed by atoms with Crippen molar-refractivity contribution < 1.29 is 19.5 Å². The number of fused-ring (bicyclic) bond motifs is 1. The maximum atomic E-state index is 14.8. The minimum atomic E-state index is -0.746. The van der Waals surface area contributed by atoms with Crippen LogP contribution in [-0.4, -0.2) is 91.9 Å². The lowest BCUT2D eigenvalue weighted by Gasteiger charge is -2.47. The van der Waals surface area contributed by atoms with E-state index in [2.05, 4.69) is 54.7 Å². The summed E-state index contributed by atoms with van der Waals surface area (Å²) in [5.41, 5.74) is -0.509. The van der Waals surface area contributed by atoms with Crippen LogP contribution in [0, 0.1) is 23.2 Å². The van der Waals surface area contributed by atoms with Gasteiger partial charge in [0, 0.05) is 30.9 Å². The first-order valence-electron chi connectivity index (χ1n) is 14.0. The van der Waals surface area contributed by atoms with Gasteiger partial charge in [-0.15, -0.1) is 24.9 Å². The van der Waals surface area contributed by atoms with Crippen LogP contribution in [0.1, 0.15) is 67.7 Å². The Labute approximate surface area is 234 Å². The predicted molar refractivity (Wildman–Crippen MR) is 155 cm³/mol. The van der Waals surface area contributed by atoms with Crippen LogP contribution in [0.25, 0.3) is 0 Å². The minimum Gasteiger partial charge on any atom is -0.394 e. The van der Waals surface area contributed by atoms with Crippen LogP contribution in [0.2, 0.25) is 0 Å². The Morgan fingerprint density at radius 1 is 1.18 bits per heavy atom. The van der Waals surface area contributed by atoms with E-state index >= 15 is 0 Å². The number of rotatable bonds is 11. The second-order valence-corrected chi connectivity index (χ2v) is 14.9. The number of hydrogen-bond acceptors (Lipinski definition) is 5. The second kappa shape index (κ2) is 11.0. The van der Waals surface area contributed by atoms with Crippen LogP contribution in [0.4, 0.5) is 0 Å². The highest BCUT2D eigenvalue weighted by Crippen LogP contribution is 2.69. The molecular weight excluding hydrogens is 498 g/mol. The molecule has 3 saturated heterocycles. The van der Waals surface area contributed by atoms with Crippen molar-refractivity contribution in [3.05, 3.63) is 25.3 Å². The lowest BCUT2D eigenvalue weighted by Crippen LogP contribution is -2.62. The molecule has 0 aliphatic carbocycles. The second-order valence-electron chi connectivity index (χ2n) is 13.3. The topological polar surface area (TPSA) is 81.2 Å². The molecular formula is C30H49N3O4S. The van der Waals surface area contributed by atoms with E-state index in [1.54, 1.807) is 40.8 Å². The van der Waals surface area contributed by atoms with E-state index in [4.69, 9.17) is 0 Å². The SMILES string of the molecule is C=CCN(C)C(=O)[C@@H]1[C@H]2C(=O)N([C@@H](CC)CO)C(C(=O)N(CC=C)C(C)(C)CC(C)(C)C)C23S[C@@H]1CC3C. The number of likely N-dealkylation sites (tertiary alicyclic amines) is 1. The van der Waals surface area contributed by atoms with Crippen LogP contribution in [-0.2, 0) is 14.4 Å². The van der Waals surface area contributed by atoms with Crippen LogP contribution in [0.5, 0.6) is 0 Å². The fraction of sp³-hybridized carbons (Fsp3) is 0.767. The van der Waals surface area contributed by atoms with E-state index in [0.717, 1.165) is 12.8 Å². The fourth-order valence-corrected chi connectivity index (χ4v) is 10.1. The molecule has 3 heterocycles. The van der Waals surface area contributed by atoms with E-state index in [-0.39, 0.29) is 40.9 Å². The highest BCUT2D eigenvalue weighted by Gasteiger charge is 2.77. The summed E-state index contributed by atoms with van der Waals surface area (Å²) in [5.74, 6) is -1.33. The molecule has 0 aromatic carbocycles. The predicted octanol–water partition coefficient (Wildman–Crippen LogP) is 3.97. The van der Waals surface area contributed by atoms with Gasteiger partial charge >= 0.3 is 0 Å². The third kappa shape index (κ3) is 4.96. The summed E-state index contributed by atoms with van der Waals surface area (Å²) in [7, 11) is 1.75. The van der Waals surface area contributed by atoms with Gasteiger partial charge in [-0.25, -0.2) is 0 Å². The van der Waals surface area contributed by atoms with Crippen LogP contribution < -0.4 is 0 Å². The Kier molecular flexibility index (Phi) is 8.89. The number of hydrogen-bond donors (Lipinski definition) is 1. The monoisotopic (exact) mass is 547 g/mol. The number of carbonyl (C=O) groups is 3. The van der Waals surface area contributed by atoms with E-state index in [1.807, 2.05) is 11.8 Å². The molecule has 2 bridgehead atoms. The summed E-state index contributed by atoms with van der Waals surface area (Å²) in [6.07, 6.45) is 5.52. The van der Waals surface area contributed by atoms with Gasteiger partial charge in [0.15, 0.2) is 0 Å². The molecule has 8 heteroatoms. The van der Waals surface area contributed by atoms with Gasteiger partial charge in [-0.05, 0) is 44.4 Å². The summed E-state index contributed by atoms with van der Waals surface area (Å²) in [6.45, 7) is 23.0. The van der Waals surface area contributed by atoms with Crippen molar-refractivity contribution in [3.8, 4) is 0 Å². The largest absolute Gasteiger partial charge is 0.394 e. The molecule has 7 nitrogen and oxygen atoms in total. The average Bonchev–Trinajstić information content (AvgIpc) is 3.40. The molecule has 0 aromatic rings. The van der Waals surface area contributed by atoms with E-state index < -0.39 is 34.2 Å². The van der Waals surface area contributed by atoms with Gasteiger partial charge in [0.05, 0.1) is 29.2 Å². The van der Waals surface area contributed by atoms with Crippen molar-refractivity contribution in [1.29, 1.82) is 0 Å². The van der Waals surface area contributed by atoms with Gasteiger partial charge in [-0.2, -0.15) is 0 Å². The van der Waals surface area contributed by atoms with Crippen molar-refractivity contribution in [2.24, 2.45) is 23.2 Å². The molecule has 214 valence electrons. The number of aliphatic hydroxyl groups is 1. The number of amides is 3. The molecule has 0 radical (unpaired) electrons. The third-order valence-electron chi connectivity index (χ3n) is 8.83. The number of carbonyl (C=O) groups excluding carboxylic acids is 3. The molecule has 3 fully saturated rings. The quantitative estimate of drug-likeness (QED) is 0.396. The summed E-state index contributed by atoms with van der Waals surface area (Å²) in [4.78, 5) is 48.1. The zero-order valence-electron chi connectivity index (χ0n) is 24.7. The Bertz CT molecular complexity index is 956. The molecule has 3 aliphatic rings. The third-order valence-corrected chi connectivity index (χ3v) is 10.9. The summed E-state index contributed by atoms with van der Waals surface area (Å²) in [5, 5.41) is 10.3. The first-order chi connectivity index (χ1) is 17.6. The minimum absolute atomic E-state index is 0.0131. The van der Waals surface area contributed by atoms with E-state index in [0.29, 0.717) is 19.5 Å². The lowest BCUT2D eigenvalue weighted by molar-refractivity contribution is -0.149. The van der Waals surface area contributed by atoms with Crippen molar-refractivity contribution in [2.45, 2.75) is 95.3 Å². The maximum Gasteiger partial charge on any atom is 0.247 e. The molecule has 3 aliphatic heterocycles. The highest BCUT2D eigenvalue weighted by atomic mass is 32.2. The average molecular weight is 548 g/mol. The van der Waals surface area contributed by atoms with E-state index in [1.165, 1.54) is 0 Å². The highest BCUT2D eigenvalue weighted by molar-refractivity contribution is 8.02. The van der Waals surface area contributed by atoms with Gasteiger partial charge in [-0.1, -0.05) is 46.8 Å². The number of likely N-dealkylation sites (N-methyl/N-ethyl adjacent to an activating group) is 1. The zero-order valence-corrected chi connectivity index (χ0v) is 25.5. The molecule has 3 amide bonds. The number of nitrogens with zero attached hydrogens (tertiary/aromatic N) is 3. The summed E-state index contributed by atoms with van der Waals surface area (Å²) >= 11 is 1.68. The fourth-order valence-electron chi connectivity index (χ4n) is 7.67. The van der Waals surface area contributed by atoms with Crippen molar-refractivity contribution >= 4 is 29.5 Å². The molecule has 0 saturated carbocycles. The van der Waals surface area contributed by atoms with Crippen LogP contribution >= 0.6 is 11.8 Å². The van der Waals surface area contributed by atoms with Gasteiger partial charge < -0.3 is 19.8 Å². The molecule has 1 N–H and O–H groups in total. The molecule has 38 heavy (non-hydrogen) atoms. The van der Waals surface area contributed by atoms with Gasteiger partial charge in [0.2, 0.25) is 17.7 Å². The molecule has 3 unspecified atom stereocenters. The maximum absolute atomic E-state index is 14.8. The molecule has 1 spiro atoms. The molecule has 7 atom stereocenters. The number of aliphatic hydroxyl groups excluding tert-OH is 1. The molecule has 3 rings (SSSR count). The standard InChI is InChI=1S/C30H49N3O4S/c1-11-14-31(10)25(35)22-21-16-19(4)30(38-21)23(22)26(36)33(20(13-3)17-34)24(30)27(37)32(15-12-2)29(8,9)18-28(5,6)7/h11-12,19-24,34H,1-2,13-18H2,3-10H3/t19?,20-,21+,22-,23-,24?,30?/m0/s1. The van der Waals surface area contributed by atoms with Crippen LogP contribution in [0.3, 0.4) is 0 Å². The van der Waals surface area contributed by atoms with Crippen LogP contribution in [0.15, 0.2) is 25.3 Å². The van der Waals surface area contributed by atoms with Gasteiger partial charge in [-0.3, -0.25) is 14.4 Å². The van der Waals surface area contributed by atoms with E-state index in [9.17, 15) is 19.5 Å². The summed E-state index contributed by atoms with van der Waals surface area (Å²) < 4.78 is -0.714. The first-order valence-corrected chi connectivity index (χ1v) is 14.9. The lowest BCUT2D eigenvalue weighted by atomic mass is 9.65.